The molecule has 0 heterocycles. The largest absolute Gasteiger partial charge is 0.507 e. The van der Waals surface area contributed by atoms with Gasteiger partial charge < -0.3 is 20.4 Å². The van der Waals surface area contributed by atoms with Crippen molar-refractivity contribution in [3.63, 3.8) is 0 Å². The van der Waals surface area contributed by atoms with E-state index in [1.54, 1.807) is 6.07 Å². The second-order valence-electron chi connectivity index (χ2n) is 9.31. The molecule has 146 valence electrons. The summed E-state index contributed by atoms with van der Waals surface area (Å²) in [5.41, 5.74) is 6.87. The SMILES string of the molecule is C[N+](C)(CC1CC1)[C@@H]1Cc2ccc(C(N)=S)c(O)c2C2CC(=O)CC[C@]21O. The molecule has 1 aromatic carbocycles. The number of likely N-dealkylation sites (N-methyl/N-ethyl adjacent to an activating group) is 1. The monoisotopic (exact) mass is 389 g/mol. The molecule has 1 aromatic rings. The molecule has 0 aromatic heterocycles. The molecular weight excluding hydrogens is 360 g/mol. The zero-order chi connectivity index (χ0) is 19.6. The number of quaternary nitrogens is 1. The molecule has 2 saturated carbocycles. The number of benzene rings is 1. The highest BCUT2D eigenvalue weighted by Gasteiger charge is 2.58. The third kappa shape index (κ3) is 3.08. The van der Waals surface area contributed by atoms with Gasteiger partial charge >= 0.3 is 0 Å². The Morgan fingerprint density at radius 3 is 2.67 bits per heavy atom. The number of nitrogens with zero attached hydrogens (tertiary/aromatic N) is 1. The van der Waals surface area contributed by atoms with Crippen LogP contribution in [0.5, 0.6) is 5.75 Å². The number of aromatic hydroxyl groups is 1. The number of aliphatic hydroxyl groups is 1. The lowest BCUT2D eigenvalue weighted by Gasteiger charge is -2.54. The lowest BCUT2D eigenvalue weighted by molar-refractivity contribution is -0.924. The molecular formula is C21H29N2O3S+. The number of Topliss-reactive ketones (excluding diaryl/α,β-unsaturated/α-hetero) is 1. The standard InChI is InChI=1S/C21H28N2O3S/c1-23(2,11-12-3-4-12)17-9-13-5-6-15(20(22)27)19(25)18(13)16-10-14(24)7-8-21(16,17)26/h5-6,12,16-17,26H,3-4,7-11H2,1-2H3,(H2-,22,25,27)/p+1/t16?,17-,21+/m1/s1. The summed E-state index contributed by atoms with van der Waals surface area (Å²) >= 11 is 5.07. The van der Waals surface area contributed by atoms with Gasteiger partial charge in [0.25, 0.3) is 0 Å². The van der Waals surface area contributed by atoms with E-state index >= 15 is 0 Å². The third-order valence-corrected chi connectivity index (χ3v) is 7.24. The minimum absolute atomic E-state index is 0.00113. The lowest BCUT2D eigenvalue weighted by atomic mass is 9.61. The maximum Gasteiger partial charge on any atom is 0.133 e. The molecule has 0 spiro atoms. The second-order valence-corrected chi connectivity index (χ2v) is 9.75. The molecule has 2 fully saturated rings. The number of ketones is 1. The highest BCUT2D eigenvalue weighted by molar-refractivity contribution is 7.80. The van der Waals surface area contributed by atoms with E-state index in [-0.39, 0.29) is 29.0 Å². The summed E-state index contributed by atoms with van der Waals surface area (Å²) in [6.07, 6.45) is 4.33. The van der Waals surface area contributed by atoms with Gasteiger partial charge in [-0.3, -0.25) is 4.79 Å². The number of phenolic OH excluding ortho intramolecular Hbond substituents is 1. The number of carbonyl (C=O) groups excluding carboxylic acids is 1. The molecule has 4 rings (SSSR count). The second kappa shape index (κ2) is 6.26. The number of rotatable bonds is 4. The van der Waals surface area contributed by atoms with Gasteiger partial charge in [-0.1, -0.05) is 18.3 Å². The van der Waals surface area contributed by atoms with Gasteiger partial charge in [-0.25, -0.2) is 0 Å². The quantitative estimate of drug-likeness (QED) is 0.542. The van der Waals surface area contributed by atoms with Crippen LogP contribution in [-0.4, -0.2) is 57.8 Å². The van der Waals surface area contributed by atoms with Gasteiger partial charge in [0.05, 0.1) is 26.2 Å². The van der Waals surface area contributed by atoms with Crippen molar-refractivity contribution >= 4 is 23.0 Å². The molecule has 3 aliphatic rings. The van der Waals surface area contributed by atoms with Gasteiger partial charge in [-0.2, -0.15) is 0 Å². The van der Waals surface area contributed by atoms with E-state index in [0.29, 0.717) is 30.4 Å². The van der Waals surface area contributed by atoms with E-state index in [2.05, 4.69) is 14.1 Å². The number of hydrogen-bond acceptors (Lipinski definition) is 4. The molecule has 0 saturated heterocycles. The molecule has 0 radical (unpaired) electrons. The Bertz CT molecular complexity index is 818. The van der Waals surface area contributed by atoms with E-state index in [1.807, 2.05) is 6.07 Å². The number of phenols is 1. The fourth-order valence-corrected chi connectivity index (χ4v) is 5.68. The number of hydrogen-bond donors (Lipinski definition) is 3. The number of fused-ring (bicyclic) bond motifs is 3. The number of nitrogens with two attached hydrogens (primary N) is 1. The van der Waals surface area contributed by atoms with Crippen molar-refractivity contribution in [1.82, 2.24) is 0 Å². The molecule has 0 amide bonds. The first kappa shape index (κ1) is 18.8. The Morgan fingerprint density at radius 1 is 1.33 bits per heavy atom. The van der Waals surface area contributed by atoms with Crippen LogP contribution in [0, 0.1) is 5.92 Å². The van der Waals surface area contributed by atoms with Crippen molar-refractivity contribution in [1.29, 1.82) is 0 Å². The fourth-order valence-electron chi connectivity index (χ4n) is 5.52. The Labute approximate surface area is 165 Å². The van der Waals surface area contributed by atoms with Crippen LogP contribution in [0.3, 0.4) is 0 Å². The van der Waals surface area contributed by atoms with Crippen molar-refractivity contribution in [2.75, 3.05) is 20.6 Å². The molecule has 6 heteroatoms. The summed E-state index contributed by atoms with van der Waals surface area (Å²) in [5, 5.41) is 22.8. The summed E-state index contributed by atoms with van der Waals surface area (Å²) in [6, 6.07) is 3.73. The Hall–Kier alpha value is -1.50. The molecule has 4 N–H and O–H groups in total. The average Bonchev–Trinajstić information content (AvgIpc) is 3.38. The normalized spacial score (nSPS) is 30.6. The number of carbonyl (C=O) groups is 1. The van der Waals surface area contributed by atoms with Gasteiger partial charge in [-0.05, 0) is 30.9 Å². The maximum atomic E-state index is 12.3. The molecule has 0 aliphatic heterocycles. The predicted molar refractivity (Wildman–Crippen MR) is 108 cm³/mol. The van der Waals surface area contributed by atoms with Crippen LogP contribution in [0.15, 0.2) is 12.1 Å². The van der Waals surface area contributed by atoms with Crippen molar-refractivity contribution in [2.24, 2.45) is 11.7 Å². The van der Waals surface area contributed by atoms with Crippen LogP contribution in [0.2, 0.25) is 0 Å². The van der Waals surface area contributed by atoms with Crippen molar-refractivity contribution < 1.29 is 19.5 Å². The summed E-state index contributed by atoms with van der Waals surface area (Å²) in [7, 11) is 4.39. The Morgan fingerprint density at radius 2 is 2.04 bits per heavy atom. The van der Waals surface area contributed by atoms with Crippen LogP contribution < -0.4 is 5.73 Å². The lowest BCUT2D eigenvalue weighted by Crippen LogP contribution is -2.67. The van der Waals surface area contributed by atoms with Crippen molar-refractivity contribution in [3.8, 4) is 5.75 Å². The van der Waals surface area contributed by atoms with Crippen LogP contribution in [0.1, 0.15) is 54.7 Å². The van der Waals surface area contributed by atoms with Crippen LogP contribution in [0.4, 0.5) is 0 Å². The van der Waals surface area contributed by atoms with Gasteiger partial charge in [0.1, 0.15) is 28.2 Å². The highest BCUT2D eigenvalue weighted by atomic mass is 32.1. The van der Waals surface area contributed by atoms with Gasteiger partial charge in [-0.15, -0.1) is 0 Å². The number of thiocarbonyl (C=S) groups is 1. The van der Waals surface area contributed by atoms with Crippen molar-refractivity contribution in [2.45, 2.75) is 56.1 Å². The summed E-state index contributed by atoms with van der Waals surface area (Å²) in [5.74, 6) is 0.519. The molecule has 5 nitrogen and oxygen atoms in total. The van der Waals surface area contributed by atoms with Crippen LogP contribution in [0.25, 0.3) is 0 Å². The Balaban J connectivity index is 1.84. The smallest absolute Gasteiger partial charge is 0.133 e. The third-order valence-electron chi connectivity index (χ3n) is 7.02. The minimum Gasteiger partial charge on any atom is -0.507 e. The van der Waals surface area contributed by atoms with Gasteiger partial charge in [0.15, 0.2) is 0 Å². The first-order valence-corrected chi connectivity index (χ1v) is 10.3. The highest BCUT2D eigenvalue weighted by Crippen LogP contribution is 2.53. The van der Waals surface area contributed by atoms with Gasteiger partial charge in [0.2, 0.25) is 0 Å². The van der Waals surface area contributed by atoms with Gasteiger partial charge in [0, 0.05) is 36.7 Å². The predicted octanol–water partition coefficient (Wildman–Crippen LogP) is 2.01. The van der Waals surface area contributed by atoms with E-state index in [9.17, 15) is 15.0 Å². The molecule has 27 heavy (non-hydrogen) atoms. The zero-order valence-corrected chi connectivity index (χ0v) is 16.9. The summed E-state index contributed by atoms with van der Waals surface area (Å²) < 4.78 is 0.739. The van der Waals surface area contributed by atoms with E-state index in [1.165, 1.54) is 12.8 Å². The first-order valence-electron chi connectivity index (χ1n) is 9.85. The summed E-state index contributed by atoms with van der Waals surface area (Å²) in [4.78, 5) is 12.4. The van der Waals surface area contributed by atoms with Crippen molar-refractivity contribution in [3.05, 3.63) is 28.8 Å². The molecule has 3 atom stereocenters. The molecule has 3 aliphatic carbocycles. The summed E-state index contributed by atoms with van der Waals surface area (Å²) in [6.45, 7) is 1.04. The van der Waals surface area contributed by atoms with E-state index in [4.69, 9.17) is 18.0 Å². The molecule has 0 bridgehead atoms. The zero-order valence-electron chi connectivity index (χ0n) is 16.1. The van der Waals surface area contributed by atoms with Crippen LogP contribution >= 0.6 is 12.2 Å². The van der Waals surface area contributed by atoms with E-state index in [0.717, 1.165) is 22.5 Å². The van der Waals surface area contributed by atoms with E-state index < -0.39 is 11.5 Å². The maximum absolute atomic E-state index is 12.3. The topological polar surface area (TPSA) is 83.5 Å². The average molecular weight is 390 g/mol. The fraction of sp³-hybridized carbons (Fsp3) is 0.619. The van der Waals surface area contributed by atoms with Crippen LogP contribution in [-0.2, 0) is 11.2 Å². The molecule has 1 unspecified atom stereocenters. The first-order chi connectivity index (χ1) is 12.6. The Kier molecular flexibility index (Phi) is 4.37. The minimum atomic E-state index is -1.01.